The van der Waals surface area contributed by atoms with Crippen LogP contribution in [0.15, 0.2) is 47.4 Å². The summed E-state index contributed by atoms with van der Waals surface area (Å²) in [4.78, 5) is 18.2. The fourth-order valence-electron chi connectivity index (χ4n) is 6.32. The number of Topliss-reactive ketones (excluding diaryl/α,β-unsaturated/α-hetero) is 1. The van der Waals surface area contributed by atoms with Crippen LogP contribution in [0.1, 0.15) is 54.0 Å². The zero-order valence-corrected chi connectivity index (χ0v) is 25.7. The van der Waals surface area contributed by atoms with E-state index in [0.29, 0.717) is 35.7 Å². The lowest BCUT2D eigenvalue weighted by Gasteiger charge is -2.34. The lowest BCUT2D eigenvalue weighted by molar-refractivity contribution is 0.0904. The Bertz CT molecular complexity index is 1610. The van der Waals surface area contributed by atoms with Gasteiger partial charge in [0.1, 0.15) is 10.7 Å². The van der Waals surface area contributed by atoms with Gasteiger partial charge in [0, 0.05) is 80.2 Å². The van der Waals surface area contributed by atoms with Crippen molar-refractivity contribution in [3.05, 3.63) is 70.8 Å². The third-order valence-corrected chi connectivity index (χ3v) is 11.0. The maximum absolute atomic E-state index is 14.6. The highest BCUT2D eigenvalue weighted by Gasteiger charge is 2.48. The molecule has 0 atom stereocenters. The standard InChI is InChI=1S/C31H39FN6O4S/c1-31(2)30-24(20-38(31)43(40,41)29-7-5-4-6-25(29)32)27(34-35-30)19-28(39)23-9-8-22(37-14-12-36(3)13-15-37)18-26(23)33-21-10-16-42-17-11-21/h4-9,18,21,33H,10-17,19-20H2,1-3H3,(H,34,35). The number of fused-ring (bicyclic) bond motifs is 1. The summed E-state index contributed by atoms with van der Waals surface area (Å²) in [6.45, 7) is 8.65. The molecule has 2 aromatic carbocycles. The average molecular weight is 611 g/mol. The van der Waals surface area contributed by atoms with Crippen molar-refractivity contribution in [2.24, 2.45) is 0 Å². The van der Waals surface area contributed by atoms with Gasteiger partial charge < -0.3 is 19.9 Å². The molecule has 0 saturated carbocycles. The number of nitrogens with one attached hydrogen (secondary N) is 2. The Morgan fingerprint density at radius 3 is 2.56 bits per heavy atom. The van der Waals surface area contributed by atoms with Crippen LogP contribution < -0.4 is 10.2 Å². The number of H-pyrrole nitrogens is 1. The van der Waals surface area contributed by atoms with E-state index in [1.807, 2.05) is 12.1 Å². The first-order valence-corrected chi connectivity index (χ1v) is 16.3. The number of rotatable bonds is 8. The SMILES string of the molecule is CN1CCN(c2ccc(C(=O)Cc3[nH]nc4c3CN(S(=O)(=O)c3ccccc3F)C4(C)C)c(NC3CCOCC3)c2)CC1. The highest BCUT2D eigenvalue weighted by molar-refractivity contribution is 7.89. The molecule has 2 N–H and O–H groups in total. The topological polar surface area (TPSA) is 111 Å². The summed E-state index contributed by atoms with van der Waals surface area (Å²) < 4.78 is 48.5. The number of anilines is 2. The first-order chi connectivity index (χ1) is 20.6. The van der Waals surface area contributed by atoms with E-state index in [9.17, 15) is 17.6 Å². The van der Waals surface area contributed by atoms with Gasteiger partial charge in [-0.1, -0.05) is 12.1 Å². The summed E-state index contributed by atoms with van der Waals surface area (Å²) >= 11 is 0. The van der Waals surface area contributed by atoms with Gasteiger partial charge in [-0.25, -0.2) is 12.8 Å². The van der Waals surface area contributed by atoms with Crippen molar-refractivity contribution in [1.82, 2.24) is 19.4 Å². The molecule has 0 aliphatic carbocycles. The van der Waals surface area contributed by atoms with Crippen molar-refractivity contribution in [1.29, 1.82) is 0 Å². The van der Waals surface area contributed by atoms with Crippen LogP contribution in [0.25, 0.3) is 0 Å². The first kappa shape index (κ1) is 29.7. The van der Waals surface area contributed by atoms with E-state index in [1.54, 1.807) is 13.8 Å². The van der Waals surface area contributed by atoms with Gasteiger partial charge in [0.05, 0.1) is 17.7 Å². The molecule has 0 unspecified atom stereocenters. The van der Waals surface area contributed by atoms with Gasteiger partial charge in [-0.15, -0.1) is 0 Å². The lowest BCUT2D eigenvalue weighted by Crippen LogP contribution is -2.44. The second-order valence-corrected chi connectivity index (χ2v) is 14.0. The molecule has 3 aromatic rings. The molecule has 0 bridgehead atoms. The molecule has 0 spiro atoms. The Hall–Kier alpha value is -3.32. The summed E-state index contributed by atoms with van der Waals surface area (Å²) in [5.41, 5.74) is 3.20. The number of sulfonamides is 1. The van der Waals surface area contributed by atoms with Crippen LogP contribution in [0.3, 0.4) is 0 Å². The molecule has 0 amide bonds. The van der Waals surface area contributed by atoms with Gasteiger partial charge >= 0.3 is 0 Å². The quantitative estimate of drug-likeness (QED) is 0.371. The van der Waals surface area contributed by atoms with E-state index in [-0.39, 0.29) is 29.7 Å². The molecule has 10 nitrogen and oxygen atoms in total. The minimum Gasteiger partial charge on any atom is -0.381 e. The molecule has 3 aliphatic rings. The van der Waals surface area contributed by atoms with Crippen molar-refractivity contribution in [3.8, 4) is 0 Å². The number of carbonyl (C=O) groups excluding carboxylic acids is 1. The fourth-order valence-corrected chi connectivity index (χ4v) is 8.10. The van der Waals surface area contributed by atoms with E-state index in [1.165, 1.54) is 22.5 Å². The van der Waals surface area contributed by atoms with Crippen LogP contribution in [0, 0.1) is 5.82 Å². The highest BCUT2D eigenvalue weighted by atomic mass is 32.2. The van der Waals surface area contributed by atoms with Gasteiger partial charge in [0.25, 0.3) is 0 Å². The highest BCUT2D eigenvalue weighted by Crippen LogP contribution is 2.43. The first-order valence-electron chi connectivity index (χ1n) is 14.8. The van der Waals surface area contributed by atoms with Gasteiger partial charge in [-0.05, 0) is 64.1 Å². The summed E-state index contributed by atoms with van der Waals surface area (Å²) in [7, 11) is -2.04. The molecular weight excluding hydrogens is 571 g/mol. The second-order valence-electron chi connectivity index (χ2n) is 12.2. The molecular formula is C31H39FN6O4S. The number of benzene rings is 2. The minimum atomic E-state index is -4.16. The molecule has 12 heteroatoms. The van der Waals surface area contributed by atoms with Crippen LogP contribution in [0.4, 0.5) is 15.8 Å². The number of ether oxygens (including phenoxy) is 1. The Morgan fingerprint density at radius 2 is 1.84 bits per heavy atom. The molecule has 4 heterocycles. The Kier molecular flexibility index (Phi) is 8.05. The number of carbonyl (C=O) groups is 1. The van der Waals surface area contributed by atoms with Crippen molar-refractivity contribution in [2.75, 3.05) is 56.7 Å². The van der Waals surface area contributed by atoms with E-state index >= 15 is 0 Å². The third-order valence-electron chi connectivity index (χ3n) is 8.95. The number of aromatic nitrogens is 2. The normalized spacial score (nSPS) is 19.9. The Labute approximate surface area is 252 Å². The summed E-state index contributed by atoms with van der Waals surface area (Å²) in [5, 5.41) is 11.1. The fraction of sp³-hybridized carbons (Fsp3) is 0.484. The molecule has 0 radical (unpaired) electrons. The number of hydrogen-bond donors (Lipinski definition) is 2. The zero-order valence-electron chi connectivity index (χ0n) is 24.9. The predicted molar refractivity (Wildman–Crippen MR) is 162 cm³/mol. The maximum Gasteiger partial charge on any atom is 0.247 e. The van der Waals surface area contributed by atoms with Crippen LogP contribution in [-0.2, 0) is 33.3 Å². The van der Waals surface area contributed by atoms with Gasteiger partial charge in [-0.3, -0.25) is 9.89 Å². The second kappa shape index (κ2) is 11.6. The number of hydrogen-bond acceptors (Lipinski definition) is 8. The molecule has 2 fully saturated rings. The van der Waals surface area contributed by atoms with Crippen LogP contribution in [0.5, 0.6) is 0 Å². The molecule has 1 aromatic heterocycles. The number of piperazine rings is 1. The van der Waals surface area contributed by atoms with Gasteiger partial charge in [0.2, 0.25) is 10.0 Å². The third kappa shape index (κ3) is 5.68. The number of ketones is 1. The average Bonchev–Trinajstić information content (AvgIpc) is 3.51. The smallest absolute Gasteiger partial charge is 0.247 e. The number of halogens is 1. The van der Waals surface area contributed by atoms with Crippen molar-refractivity contribution < 1.29 is 22.3 Å². The largest absolute Gasteiger partial charge is 0.381 e. The number of likely N-dealkylation sites (N-methyl/N-ethyl adjacent to an activating group) is 1. The van der Waals surface area contributed by atoms with Crippen LogP contribution in [0.2, 0.25) is 0 Å². The van der Waals surface area contributed by atoms with E-state index in [4.69, 9.17) is 4.74 Å². The van der Waals surface area contributed by atoms with E-state index in [2.05, 4.69) is 38.4 Å². The van der Waals surface area contributed by atoms with Gasteiger partial charge in [0.15, 0.2) is 5.78 Å². The number of aromatic amines is 1. The Morgan fingerprint density at radius 1 is 1.12 bits per heavy atom. The van der Waals surface area contributed by atoms with Crippen molar-refractivity contribution in [3.63, 3.8) is 0 Å². The number of nitrogens with zero attached hydrogens (tertiary/aromatic N) is 4. The monoisotopic (exact) mass is 610 g/mol. The van der Waals surface area contributed by atoms with Crippen molar-refractivity contribution >= 4 is 27.2 Å². The summed E-state index contributed by atoms with van der Waals surface area (Å²) in [6, 6.07) is 11.6. The molecule has 230 valence electrons. The van der Waals surface area contributed by atoms with Crippen LogP contribution >= 0.6 is 0 Å². The predicted octanol–water partition coefficient (Wildman–Crippen LogP) is 3.76. The van der Waals surface area contributed by atoms with Crippen molar-refractivity contribution in [2.45, 2.75) is 56.1 Å². The maximum atomic E-state index is 14.6. The molecule has 3 aliphatic heterocycles. The summed E-state index contributed by atoms with van der Waals surface area (Å²) in [6.07, 6.45) is 1.76. The lowest BCUT2D eigenvalue weighted by atomic mass is 9.98. The van der Waals surface area contributed by atoms with Crippen LogP contribution in [-0.4, -0.2) is 86.1 Å². The molecule has 6 rings (SSSR count). The Balaban J connectivity index is 1.27. The molecule has 43 heavy (non-hydrogen) atoms. The van der Waals surface area contributed by atoms with Gasteiger partial charge in [-0.2, -0.15) is 9.40 Å². The molecule has 2 saturated heterocycles. The van der Waals surface area contributed by atoms with E-state index in [0.717, 1.165) is 56.5 Å². The minimum absolute atomic E-state index is 0.00631. The zero-order chi connectivity index (χ0) is 30.4. The van der Waals surface area contributed by atoms with E-state index < -0.39 is 21.4 Å². The summed E-state index contributed by atoms with van der Waals surface area (Å²) in [5.74, 6) is -0.900.